The number of rotatable bonds is 3. The van der Waals surface area contributed by atoms with Crippen molar-refractivity contribution in [3.63, 3.8) is 0 Å². The number of thiocarbonyl (C=S) groups is 1. The highest BCUT2D eigenvalue weighted by Gasteiger charge is 2.36. The van der Waals surface area contributed by atoms with Gasteiger partial charge in [0.1, 0.15) is 4.99 Å². The molecule has 2 rings (SSSR count). The highest BCUT2D eigenvalue weighted by Crippen LogP contribution is 2.35. The second kappa shape index (κ2) is 5.33. The maximum absolute atomic E-state index is 12.5. The largest absolute Gasteiger partial charge is 0.445 e. The first-order valence-electron chi connectivity index (χ1n) is 5.33. The molecule has 1 heterocycles. The van der Waals surface area contributed by atoms with E-state index in [9.17, 15) is 13.2 Å². The molecule has 2 aromatic rings. The zero-order chi connectivity index (χ0) is 14.9. The molecular weight excluding hydrogens is 309 g/mol. The van der Waals surface area contributed by atoms with Gasteiger partial charge in [0.25, 0.3) is 0 Å². The lowest BCUT2D eigenvalue weighted by Gasteiger charge is -2.15. The van der Waals surface area contributed by atoms with Gasteiger partial charge in [0, 0.05) is 18.3 Å². The van der Waals surface area contributed by atoms with Crippen molar-refractivity contribution < 1.29 is 13.2 Å². The summed E-state index contributed by atoms with van der Waals surface area (Å²) in [6, 6.07) is 6.78. The number of benzene rings is 1. The molecule has 0 fully saturated rings. The standard InChI is InChI=1S/C11H9F3N4S2/c1-18(7-4-2-6(3-5-7)8(15)19)10-17-16-9(20-10)11(12,13)14/h2-5H,1H3,(H2,15,19). The van der Waals surface area contributed by atoms with Crippen molar-refractivity contribution in [3.8, 4) is 0 Å². The summed E-state index contributed by atoms with van der Waals surface area (Å²) in [6.07, 6.45) is -4.48. The minimum Gasteiger partial charge on any atom is -0.389 e. The molecule has 9 heteroatoms. The molecule has 2 N–H and O–H groups in total. The van der Waals surface area contributed by atoms with Crippen molar-refractivity contribution in [3.05, 3.63) is 34.8 Å². The first-order valence-corrected chi connectivity index (χ1v) is 6.56. The molecule has 1 aromatic heterocycles. The van der Waals surface area contributed by atoms with Gasteiger partial charge in [-0.2, -0.15) is 13.2 Å². The van der Waals surface area contributed by atoms with Crippen LogP contribution in [-0.2, 0) is 6.18 Å². The number of hydrogen-bond donors (Lipinski definition) is 1. The van der Waals surface area contributed by atoms with E-state index in [1.165, 1.54) is 4.90 Å². The molecule has 0 radical (unpaired) electrons. The highest BCUT2D eigenvalue weighted by molar-refractivity contribution is 7.80. The second-order valence-electron chi connectivity index (χ2n) is 3.86. The predicted octanol–water partition coefficient (Wildman–Crippen LogP) is 2.96. The number of alkyl halides is 3. The molecule has 4 nitrogen and oxygen atoms in total. The van der Waals surface area contributed by atoms with Crippen molar-refractivity contribution in [2.45, 2.75) is 6.18 Å². The molecule has 0 bridgehead atoms. The van der Waals surface area contributed by atoms with Gasteiger partial charge in [0.05, 0.1) is 0 Å². The zero-order valence-electron chi connectivity index (χ0n) is 10.2. The van der Waals surface area contributed by atoms with Gasteiger partial charge in [-0.15, -0.1) is 10.2 Å². The van der Waals surface area contributed by atoms with Gasteiger partial charge < -0.3 is 10.6 Å². The number of aromatic nitrogens is 2. The van der Waals surface area contributed by atoms with Gasteiger partial charge in [-0.05, 0) is 24.3 Å². The topological polar surface area (TPSA) is 55.0 Å². The summed E-state index contributed by atoms with van der Waals surface area (Å²) in [5.74, 6) is 0. The molecule has 0 aliphatic heterocycles. The fraction of sp³-hybridized carbons (Fsp3) is 0.182. The lowest BCUT2D eigenvalue weighted by atomic mass is 10.2. The number of halogens is 3. The predicted molar refractivity (Wildman–Crippen MR) is 75.3 cm³/mol. The molecule has 0 unspecified atom stereocenters. The van der Waals surface area contributed by atoms with E-state index in [-0.39, 0.29) is 10.1 Å². The average Bonchev–Trinajstić information content (AvgIpc) is 2.87. The maximum atomic E-state index is 12.5. The van der Waals surface area contributed by atoms with Crippen LogP contribution in [0.2, 0.25) is 0 Å². The molecule has 0 aliphatic rings. The Balaban J connectivity index is 2.24. The molecular formula is C11H9F3N4S2. The maximum Gasteiger partial charge on any atom is 0.445 e. The van der Waals surface area contributed by atoms with Crippen LogP contribution in [0.25, 0.3) is 0 Å². The van der Waals surface area contributed by atoms with Gasteiger partial charge in [0.15, 0.2) is 0 Å². The highest BCUT2D eigenvalue weighted by atomic mass is 32.1. The summed E-state index contributed by atoms with van der Waals surface area (Å²) >= 11 is 5.31. The molecule has 106 valence electrons. The van der Waals surface area contributed by atoms with Crippen LogP contribution in [0.15, 0.2) is 24.3 Å². The van der Waals surface area contributed by atoms with Crippen LogP contribution in [0.3, 0.4) is 0 Å². The number of anilines is 2. The van der Waals surface area contributed by atoms with Crippen LogP contribution in [-0.4, -0.2) is 22.2 Å². The third-order valence-electron chi connectivity index (χ3n) is 2.48. The molecule has 0 aliphatic carbocycles. The Hall–Kier alpha value is -1.74. The molecule has 20 heavy (non-hydrogen) atoms. The van der Waals surface area contributed by atoms with Crippen LogP contribution in [0.4, 0.5) is 24.0 Å². The lowest BCUT2D eigenvalue weighted by molar-refractivity contribution is -0.138. The smallest absolute Gasteiger partial charge is 0.389 e. The fourth-order valence-corrected chi connectivity index (χ4v) is 2.26. The van der Waals surface area contributed by atoms with Crippen LogP contribution >= 0.6 is 23.6 Å². The van der Waals surface area contributed by atoms with E-state index < -0.39 is 11.2 Å². The minimum atomic E-state index is -4.48. The first-order chi connectivity index (χ1) is 9.29. The normalized spacial score (nSPS) is 11.4. The van der Waals surface area contributed by atoms with Crippen molar-refractivity contribution in [1.82, 2.24) is 10.2 Å². The summed E-state index contributed by atoms with van der Waals surface area (Å²) in [5.41, 5.74) is 6.82. The molecule has 1 aromatic carbocycles. The number of nitrogens with two attached hydrogens (primary N) is 1. The Morgan fingerprint density at radius 3 is 2.30 bits per heavy atom. The van der Waals surface area contributed by atoms with E-state index in [0.29, 0.717) is 22.6 Å². The van der Waals surface area contributed by atoms with E-state index in [4.69, 9.17) is 18.0 Å². The number of hydrogen-bond acceptors (Lipinski definition) is 5. The third kappa shape index (κ3) is 3.05. The Morgan fingerprint density at radius 2 is 1.85 bits per heavy atom. The van der Waals surface area contributed by atoms with Crippen LogP contribution in [0, 0.1) is 0 Å². The summed E-state index contributed by atoms with van der Waals surface area (Å²) in [7, 11) is 1.61. The first kappa shape index (κ1) is 14.7. The molecule has 0 saturated carbocycles. The van der Waals surface area contributed by atoms with Crippen molar-refractivity contribution >= 4 is 39.4 Å². The van der Waals surface area contributed by atoms with Gasteiger partial charge in [-0.1, -0.05) is 23.6 Å². The Bertz CT molecular complexity index is 621. The summed E-state index contributed by atoms with van der Waals surface area (Å²) in [6.45, 7) is 0. The van der Waals surface area contributed by atoms with Crippen molar-refractivity contribution in [2.24, 2.45) is 5.73 Å². The van der Waals surface area contributed by atoms with E-state index >= 15 is 0 Å². The second-order valence-corrected chi connectivity index (χ2v) is 5.25. The minimum absolute atomic E-state index is 0.153. The Kier molecular flexibility index (Phi) is 3.91. The van der Waals surface area contributed by atoms with Crippen LogP contribution in [0.1, 0.15) is 10.6 Å². The quantitative estimate of drug-likeness (QED) is 0.882. The number of nitrogens with zero attached hydrogens (tertiary/aromatic N) is 3. The Labute approximate surface area is 122 Å². The van der Waals surface area contributed by atoms with Crippen molar-refractivity contribution in [2.75, 3.05) is 11.9 Å². The summed E-state index contributed by atoms with van der Waals surface area (Å²) in [4.78, 5) is 1.77. The van der Waals surface area contributed by atoms with Gasteiger partial charge in [0.2, 0.25) is 10.1 Å². The summed E-state index contributed by atoms with van der Waals surface area (Å²) in [5, 5.41) is 5.86. The van der Waals surface area contributed by atoms with Crippen molar-refractivity contribution in [1.29, 1.82) is 0 Å². The van der Waals surface area contributed by atoms with Crippen LogP contribution < -0.4 is 10.6 Å². The monoisotopic (exact) mass is 318 g/mol. The van der Waals surface area contributed by atoms with Crippen LogP contribution in [0.5, 0.6) is 0 Å². The van der Waals surface area contributed by atoms with E-state index in [1.54, 1.807) is 31.3 Å². The molecule has 0 spiro atoms. The van der Waals surface area contributed by atoms with Gasteiger partial charge in [-0.25, -0.2) is 0 Å². The zero-order valence-corrected chi connectivity index (χ0v) is 11.8. The van der Waals surface area contributed by atoms with Gasteiger partial charge in [-0.3, -0.25) is 0 Å². The lowest BCUT2D eigenvalue weighted by Crippen LogP contribution is -2.11. The molecule has 0 amide bonds. The molecule has 0 atom stereocenters. The van der Waals surface area contributed by atoms with E-state index in [0.717, 1.165) is 0 Å². The Morgan fingerprint density at radius 1 is 1.25 bits per heavy atom. The average molecular weight is 318 g/mol. The summed E-state index contributed by atoms with van der Waals surface area (Å²) < 4.78 is 37.4. The fourth-order valence-electron chi connectivity index (χ4n) is 1.43. The third-order valence-corrected chi connectivity index (χ3v) is 3.76. The SMILES string of the molecule is CN(c1ccc(C(N)=S)cc1)c1nnc(C(F)(F)F)s1. The molecule has 0 saturated heterocycles. The van der Waals surface area contributed by atoms with E-state index in [2.05, 4.69) is 10.2 Å². The van der Waals surface area contributed by atoms with Gasteiger partial charge >= 0.3 is 6.18 Å². The van der Waals surface area contributed by atoms with E-state index in [1.807, 2.05) is 0 Å².